The van der Waals surface area contributed by atoms with Crippen LogP contribution in [-0.2, 0) is 5.41 Å². The van der Waals surface area contributed by atoms with Gasteiger partial charge in [-0.15, -0.1) is 0 Å². The van der Waals surface area contributed by atoms with Crippen molar-refractivity contribution in [3.8, 4) is 5.75 Å². The molecule has 0 radical (unpaired) electrons. The number of benzene rings is 1. The average Bonchev–Trinajstić information content (AvgIpc) is 2.92. The number of hydrogen-bond donors (Lipinski definition) is 2. The van der Waals surface area contributed by atoms with Gasteiger partial charge in [-0.3, -0.25) is 0 Å². The van der Waals surface area contributed by atoms with Gasteiger partial charge < -0.3 is 10.8 Å². The van der Waals surface area contributed by atoms with Gasteiger partial charge in [0.25, 0.3) is 0 Å². The van der Waals surface area contributed by atoms with Crippen molar-refractivity contribution in [2.45, 2.75) is 18.3 Å². The Balaban J connectivity index is 2.49. The Labute approximate surface area is 80.4 Å². The summed E-state index contributed by atoms with van der Waals surface area (Å²) in [4.78, 5) is 0. The summed E-state index contributed by atoms with van der Waals surface area (Å²) in [5.74, 6) is -2.16. The van der Waals surface area contributed by atoms with Crippen LogP contribution in [0.1, 0.15) is 18.4 Å². The van der Waals surface area contributed by atoms with Gasteiger partial charge in [0.15, 0.2) is 11.6 Å². The maximum atomic E-state index is 12.9. The monoisotopic (exact) mass is 199 g/mol. The van der Waals surface area contributed by atoms with Crippen LogP contribution < -0.4 is 5.73 Å². The van der Waals surface area contributed by atoms with Crippen LogP contribution in [0.5, 0.6) is 5.75 Å². The lowest BCUT2D eigenvalue weighted by Crippen LogP contribution is -2.20. The summed E-state index contributed by atoms with van der Waals surface area (Å²) in [7, 11) is 0. The zero-order valence-corrected chi connectivity index (χ0v) is 7.56. The number of phenols is 1. The molecule has 14 heavy (non-hydrogen) atoms. The van der Waals surface area contributed by atoms with Crippen LogP contribution in [0.2, 0.25) is 0 Å². The smallest absolute Gasteiger partial charge is 0.162 e. The van der Waals surface area contributed by atoms with Crippen LogP contribution in [0.15, 0.2) is 12.1 Å². The van der Waals surface area contributed by atoms with Gasteiger partial charge in [0, 0.05) is 23.6 Å². The summed E-state index contributed by atoms with van der Waals surface area (Å²) in [6.07, 6.45) is 1.64. The van der Waals surface area contributed by atoms with E-state index in [0.29, 0.717) is 12.1 Å². The summed E-state index contributed by atoms with van der Waals surface area (Å²) in [5.41, 5.74) is 5.64. The van der Waals surface area contributed by atoms with Gasteiger partial charge in [0.05, 0.1) is 0 Å². The Kier molecular flexibility index (Phi) is 1.96. The molecule has 2 nitrogen and oxygen atoms in total. The molecule has 0 amide bonds. The first kappa shape index (κ1) is 9.40. The fourth-order valence-corrected chi connectivity index (χ4v) is 1.70. The van der Waals surface area contributed by atoms with E-state index in [-0.39, 0.29) is 11.2 Å². The Morgan fingerprint density at radius 3 is 2.36 bits per heavy atom. The van der Waals surface area contributed by atoms with E-state index in [1.807, 2.05) is 0 Å². The Hall–Kier alpha value is -1.16. The molecule has 1 saturated carbocycles. The van der Waals surface area contributed by atoms with Crippen molar-refractivity contribution in [3.05, 3.63) is 29.3 Å². The van der Waals surface area contributed by atoms with Gasteiger partial charge >= 0.3 is 0 Å². The maximum absolute atomic E-state index is 12.9. The zero-order chi connectivity index (χ0) is 10.3. The molecule has 0 unspecified atom stereocenters. The van der Waals surface area contributed by atoms with E-state index < -0.39 is 11.6 Å². The summed E-state index contributed by atoms with van der Waals surface area (Å²) in [6.45, 7) is 0.353. The van der Waals surface area contributed by atoms with Gasteiger partial charge in [-0.05, 0) is 18.9 Å². The van der Waals surface area contributed by atoms with Crippen LogP contribution >= 0.6 is 0 Å². The molecule has 2 rings (SSSR count). The molecular weight excluding hydrogens is 188 g/mol. The van der Waals surface area contributed by atoms with E-state index in [2.05, 4.69) is 0 Å². The standard InChI is InChI=1S/C10H11F2NO/c11-7-3-6(9(14)4-8(7)12)10(5-13)1-2-10/h3-4,14H,1-2,5,13H2. The van der Waals surface area contributed by atoms with Crippen molar-refractivity contribution in [1.82, 2.24) is 0 Å². The van der Waals surface area contributed by atoms with Crippen molar-refractivity contribution < 1.29 is 13.9 Å². The van der Waals surface area contributed by atoms with E-state index in [1.54, 1.807) is 0 Å². The van der Waals surface area contributed by atoms with E-state index in [9.17, 15) is 13.9 Å². The lowest BCUT2D eigenvalue weighted by Gasteiger charge is -2.14. The van der Waals surface area contributed by atoms with Crippen molar-refractivity contribution >= 4 is 0 Å². The molecule has 76 valence electrons. The third kappa shape index (κ3) is 1.26. The molecule has 1 aromatic rings. The summed E-state index contributed by atoms with van der Waals surface area (Å²) in [5, 5.41) is 9.46. The molecule has 1 fully saturated rings. The van der Waals surface area contributed by atoms with Crippen molar-refractivity contribution in [1.29, 1.82) is 0 Å². The average molecular weight is 199 g/mol. The lowest BCUT2D eigenvalue weighted by molar-refractivity contribution is 0.439. The third-order valence-electron chi connectivity index (χ3n) is 2.85. The highest BCUT2D eigenvalue weighted by molar-refractivity contribution is 5.43. The minimum atomic E-state index is -1.03. The summed E-state index contributed by atoms with van der Waals surface area (Å²) >= 11 is 0. The third-order valence-corrected chi connectivity index (χ3v) is 2.85. The fourth-order valence-electron chi connectivity index (χ4n) is 1.70. The van der Waals surface area contributed by atoms with Gasteiger partial charge in [0.1, 0.15) is 5.75 Å². The summed E-state index contributed by atoms with van der Waals surface area (Å²) < 4.78 is 25.6. The molecular formula is C10H11F2NO. The Morgan fingerprint density at radius 2 is 1.86 bits per heavy atom. The van der Waals surface area contributed by atoms with E-state index in [4.69, 9.17) is 5.73 Å². The number of halogens is 2. The van der Waals surface area contributed by atoms with E-state index in [0.717, 1.165) is 25.0 Å². The zero-order valence-electron chi connectivity index (χ0n) is 7.56. The Bertz CT molecular complexity index is 375. The SMILES string of the molecule is NCC1(c2cc(F)c(F)cc2O)CC1. The molecule has 0 aromatic heterocycles. The molecule has 0 atom stereocenters. The van der Waals surface area contributed by atoms with Gasteiger partial charge in [-0.1, -0.05) is 0 Å². The van der Waals surface area contributed by atoms with Crippen LogP contribution in [0.3, 0.4) is 0 Å². The quantitative estimate of drug-likeness (QED) is 0.760. The highest BCUT2D eigenvalue weighted by Crippen LogP contribution is 2.50. The second kappa shape index (κ2) is 2.92. The predicted octanol–water partition coefficient (Wildman–Crippen LogP) is 1.66. The molecule has 1 aliphatic carbocycles. The van der Waals surface area contributed by atoms with Crippen LogP contribution in [-0.4, -0.2) is 11.7 Å². The first-order valence-corrected chi connectivity index (χ1v) is 4.48. The molecule has 0 spiro atoms. The molecule has 4 heteroatoms. The first-order chi connectivity index (χ1) is 6.59. The van der Waals surface area contributed by atoms with Gasteiger partial charge in [-0.25, -0.2) is 8.78 Å². The second-order valence-corrected chi connectivity index (χ2v) is 3.77. The highest BCUT2D eigenvalue weighted by Gasteiger charge is 2.45. The summed E-state index contributed by atoms with van der Waals surface area (Å²) in [6, 6.07) is 1.85. The van der Waals surface area contributed by atoms with Crippen molar-refractivity contribution in [2.24, 2.45) is 5.73 Å². The molecule has 0 bridgehead atoms. The molecule has 0 heterocycles. The maximum Gasteiger partial charge on any atom is 0.162 e. The fraction of sp³-hybridized carbons (Fsp3) is 0.400. The second-order valence-electron chi connectivity index (χ2n) is 3.77. The largest absolute Gasteiger partial charge is 0.508 e. The molecule has 0 saturated heterocycles. The van der Waals surface area contributed by atoms with Crippen molar-refractivity contribution in [2.75, 3.05) is 6.54 Å². The first-order valence-electron chi connectivity index (χ1n) is 4.48. The van der Waals surface area contributed by atoms with Gasteiger partial charge in [-0.2, -0.15) is 0 Å². The Morgan fingerprint density at radius 1 is 1.29 bits per heavy atom. The predicted molar refractivity (Wildman–Crippen MR) is 48.0 cm³/mol. The van der Waals surface area contributed by atoms with Crippen LogP contribution in [0, 0.1) is 11.6 Å². The van der Waals surface area contributed by atoms with Crippen molar-refractivity contribution in [3.63, 3.8) is 0 Å². The minimum absolute atomic E-state index is 0.202. The minimum Gasteiger partial charge on any atom is -0.508 e. The number of rotatable bonds is 2. The molecule has 1 aromatic carbocycles. The van der Waals surface area contributed by atoms with Gasteiger partial charge in [0.2, 0.25) is 0 Å². The number of nitrogens with two attached hydrogens (primary N) is 1. The molecule has 3 N–H and O–H groups in total. The van der Waals surface area contributed by atoms with E-state index >= 15 is 0 Å². The van der Waals surface area contributed by atoms with Crippen LogP contribution in [0.25, 0.3) is 0 Å². The number of phenolic OH excluding ortho intramolecular Hbond substituents is 1. The number of hydrogen-bond acceptors (Lipinski definition) is 2. The van der Waals surface area contributed by atoms with Crippen LogP contribution in [0.4, 0.5) is 8.78 Å². The normalized spacial score (nSPS) is 18.2. The highest BCUT2D eigenvalue weighted by atomic mass is 19.2. The molecule has 1 aliphatic rings. The topological polar surface area (TPSA) is 46.2 Å². The lowest BCUT2D eigenvalue weighted by atomic mass is 9.95. The van der Waals surface area contributed by atoms with E-state index in [1.165, 1.54) is 0 Å². The molecule has 0 aliphatic heterocycles. The number of aromatic hydroxyl groups is 1.